The first-order chi connectivity index (χ1) is 16.4. The summed E-state index contributed by atoms with van der Waals surface area (Å²) in [5, 5.41) is 2.30. The predicted molar refractivity (Wildman–Crippen MR) is 122 cm³/mol. The first kappa shape index (κ1) is 21.9. The van der Waals surface area contributed by atoms with Crippen LogP contribution < -0.4 is 14.8 Å². The summed E-state index contributed by atoms with van der Waals surface area (Å²) in [7, 11) is 1.53. The van der Waals surface area contributed by atoms with Crippen LogP contribution in [-0.2, 0) is 9.59 Å². The molecule has 0 radical (unpaired) electrons. The molecule has 2 bridgehead atoms. The number of rotatable bonds is 5. The van der Waals surface area contributed by atoms with Crippen molar-refractivity contribution in [1.82, 2.24) is 10.2 Å². The van der Waals surface area contributed by atoms with Crippen LogP contribution in [0.3, 0.4) is 0 Å². The van der Waals surface area contributed by atoms with Crippen molar-refractivity contribution in [2.75, 3.05) is 7.11 Å². The van der Waals surface area contributed by atoms with Crippen molar-refractivity contribution in [2.45, 2.75) is 31.7 Å². The van der Waals surface area contributed by atoms with Gasteiger partial charge in [-0.1, -0.05) is 24.6 Å². The van der Waals surface area contributed by atoms with E-state index < -0.39 is 23.8 Å². The molecule has 3 fully saturated rings. The van der Waals surface area contributed by atoms with E-state index in [4.69, 9.17) is 9.47 Å². The molecule has 2 aliphatic carbocycles. The van der Waals surface area contributed by atoms with Gasteiger partial charge in [-0.15, -0.1) is 0 Å². The van der Waals surface area contributed by atoms with Crippen LogP contribution in [-0.4, -0.2) is 41.9 Å². The number of carbonyl (C=O) groups is 4. The summed E-state index contributed by atoms with van der Waals surface area (Å²) in [6.45, 7) is 0. The van der Waals surface area contributed by atoms with Crippen LogP contribution in [0, 0.1) is 11.8 Å². The zero-order chi connectivity index (χ0) is 23.8. The molecule has 5 rings (SSSR count). The van der Waals surface area contributed by atoms with Crippen LogP contribution in [0.15, 0.2) is 54.1 Å². The van der Waals surface area contributed by atoms with Gasteiger partial charge in [0.25, 0.3) is 11.8 Å². The summed E-state index contributed by atoms with van der Waals surface area (Å²) in [5.74, 6) is -0.344. The minimum atomic E-state index is -0.759. The maximum absolute atomic E-state index is 13.3. The number of esters is 1. The van der Waals surface area contributed by atoms with E-state index in [2.05, 4.69) is 5.32 Å². The highest BCUT2D eigenvalue weighted by Gasteiger charge is 2.49. The first-order valence-corrected chi connectivity index (χ1v) is 11.3. The summed E-state index contributed by atoms with van der Waals surface area (Å²) < 4.78 is 10.7. The van der Waals surface area contributed by atoms with Crippen LogP contribution in [0.5, 0.6) is 11.5 Å². The average molecular weight is 460 g/mol. The van der Waals surface area contributed by atoms with Gasteiger partial charge in [0.2, 0.25) is 0 Å². The Bertz CT molecular complexity index is 1200. The number of amides is 4. The number of imide groups is 2. The fraction of sp³-hybridized carbons (Fsp3) is 0.308. The molecule has 1 saturated heterocycles. The number of ether oxygens (including phenoxy) is 2. The molecule has 2 aromatic carbocycles. The van der Waals surface area contributed by atoms with Crippen LogP contribution >= 0.6 is 0 Å². The highest BCUT2D eigenvalue weighted by molar-refractivity contribution is 6.31. The molecule has 4 amide bonds. The van der Waals surface area contributed by atoms with E-state index >= 15 is 0 Å². The van der Waals surface area contributed by atoms with Gasteiger partial charge in [0, 0.05) is 11.6 Å². The van der Waals surface area contributed by atoms with Gasteiger partial charge < -0.3 is 9.47 Å². The van der Waals surface area contributed by atoms with Crippen molar-refractivity contribution >= 4 is 29.9 Å². The van der Waals surface area contributed by atoms with Crippen LogP contribution in [0.2, 0.25) is 0 Å². The minimum absolute atomic E-state index is 0.157. The Hall–Kier alpha value is -3.94. The van der Waals surface area contributed by atoms with Gasteiger partial charge in [0.1, 0.15) is 17.1 Å². The second-order valence-electron chi connectivity index (χ2n) is 8.89. The summed E-state index contributed by atoms with van der Waals surface area (Å²) >= 11 is 0. The monoisotopic (exact) mass is 460 g/mol. The number of benzene rings is 2. The van der Waals surface area contributed by atoms with Gasteiger partial charge in [0.15, 0.2) is 0 Å². The topological polar surface area (TPSA) is 102 Å². The highest BCUT2D eigenvalue weighted by atomic mass is 16.5. The molecule has 2 saturated carbocycles. The van der Waals surface area contributed by atoms with E-state index in [1.54, 1.807) is 48.5 Å². The van der Waals surface area contributed by atoms with Gasteiger partial charge in [0.05, 0.1) is 12.7 Å². The molecule has 34 heavy (non-hydrogen) atoms. The van der Waals surface area contributed by atoms with Gasteiger partial charge in [-0.3, -0.25) is 19.8 Å². The molecule has 0 unspecified atom stereocenters. The summed E-state index contributed by atoms with van der Waals surface area (Å²) in [4.78, 5) is 52.3. The Morgan fingerprint density at radius 2 is 1.79 bits per heavy atom. The third kappa shape index (κ3) is 3.96. The molecular formula is C26H24N2O6. The van der Waals surface area contributed by atoms with Crippen molar-refractivity contribution in [3.63, 3.8) is 0 Å². The number of urea groups is 1. The number of carbonyl (C=O) groups excluding carboxylic acids is 4. The van der Waals surface area contributed by atoms with E-state index in [1.807, 2.05) is 0 Å². The molecular weight excluding hydrogens is 436 g/mol. The molecule has 1 aliphatic heterocycles. The van der Waals surface area contributed by atoms with E-state index in [9.17, 15) is 19.2 Å². The van der Waals surface area contributed by atoms with Crippen LogP contribution in [0.25, 0.3) is 6.08 Å². The standard InChI is InChI=1S/C26H24N2O6/c1-33-19-10-8-16(9-11-19)25(31)34-22-5-3-2-4-18(22)14-20-23(29)27-26(32)28(24(20)30)21-13-15-6-7-17(21)12-15/h2-5,8-11,14-15,17,21H,6-7,12-13H2,1H3,(H,27,29,32)/b20-14-/t15-,17-,21+/m0/s1. The number of nitrogens with one attached hydrogen (secondary N) is 1. The van der Waals surface area contributed by atoms with E-state index in [1.165, 1.54) is 18.1 Å². The number of hydrogen-bond acceptors (Lipinski definition) is 6. The molecule has 3 aliphatic rings. The third-order valence-electron chi connectivity index (χ3n) is 6.91. The van der Waals surface area contributed by atoms with Crippen molar-refractivity contribution in [3.8, 4) is 11.5 Å². The number of fused-ring (bicyclic) bond motifs is 2. The molecule has 1 N–H and O–H groups in total. The maximum Gasteiger partial charge on any atom is 0.343 e. The lowest BCUT2D eigenvalue weighted by Gasteiger charge is -2.35. The van der Waals surface area contributed by atoms with Crippen LogP contribution in [0.1, 0.15) is 41.6 Å². The molecule has 8 heteroatoms. The predicted octanol–water partition coefficient (Wildman–Crippen LogP) is 3.56. The lowest BCUT2D eigenvalue weighted by molar-refractivity contribution is -0.132. The average Bonchev–Trinajstić information content (AvgIpc) is 3.46. The molecule has 0 spiro atoms. The number of methoxy groups -OCH3 is 1. The number of nitrogens with zero attached hydrogens (tertiary/aromatic N) is 1. The zero-order valence-electron chi connectivity index (χ0n) is 18.7. The molecule has 8 nitrogen and oxygen atoms in total. The minimum Gasteiger partial charge on any atom is -0.497 e. The highest BCUT2D eigenvalue weighted by Crippen LogP contribution is 2.47. The quantitative estimate of drug-likeness (QED) is 0.317. The second-order valence-corrected chi connectivity index (χ2v) is 8.89. The largest absolute Gasteiger partial charge is 0.497 e. The SMILES string of the molecule is COc1ccc(C(=O)Oc2ccccc2/C=C2/C(=O)NC(=O)N([C@@H]3C[C@H]4CC[C@H]3C4)C2=O)cc1. The van der Waals surface area contributed by atoms with Gasteiger partial charge in [-0.05, 0) is 67.5 Å². The Morgan fingerprint density at radius 3 is 2.47 bits per heavy atom. The van der Waals surface area contributed by atoms with E-state index in [0.717, 1.165) is 25.7 Å². The smallest absolute Gasteiger partial charge is 0.343 e. The maximum atomic E-state index is 13.3. The summed E-state index contributed by atoms with van der Waals surface area (Å²) in [6, 6.07) is 12.2. The Morgan fingerprint density at radius 1 is 1.03 bits per heavy atom. The van der Waals surface area contributed by atoms with Crippen molar-refractivity contribution in [1.29, 1.82) is 0 Å². The third-order valence-corrected chi connectivity index (χ3v) is 6.91. The van der Waals surface area contributed by atoms with E-state index in [0.29, 0.717) is 22.8 Å². The first-order valence-electron chi connectivity index (χ1n) is 11.3. The lowest BCUT2D eigenvalue weighted by atomic mass is 9.93. The normalized spacial score (nSPS) is 25.0. The number of para-hydroxylation sites is 1. The lowest BCUT2D eigenvalue weighted by Crippen LogP contribution is -2.58. The summed E-state index contributed by atoms with van der Waals surface area (Å²) in [5.41, 5.74) is 0.545. The van der Waals surface area contributed by atoms with Gasteiger partial charge in [-0.2, -0.15) is 0 Å². The van der Waals surface area contributed by atoms with Crippen molar-refractivity contribution in [3.05, 3.63) is 65.2 Å². The Labute approximate surface area is 196 Å². The van der Waals surface area contributed by atoms with Gasteiger partial charge >= 0.3 is 12.0 Å². The Kier molecular flexibility index (Phi) is 5.65. The fourth-order valence-electron chi connectivity index (χ4n) is 5.23. The molecule has 0 aromatic heterocycles. The number of barbiturate groups is 1. The van der Waals surface area contributed by atoms with Crippen LogP contribution in [0.4, 0.5) is 4.79 Å². The summed E-state index contributed by atoms with van der Waals surface area (Å²) in [6.07, 6.45) is 5.28. The fourth-order valence-corrected chi connectivity index (χ4v) is 5.23. The van der Waals surface area contributed by atoms with Gasteiger partial charge in [-0.25, -0.2) is 9.59 Å². The van der Waals surface area contributed by atoms with E-state index in [-0.39, 0.29) is 23.3 Å². The molecule has 174 valence electrons. The second kappa shape index (κ2) is 8.78. The molecule has 3 atom stereocenters. The van der Waals surface area contributed by atoms with Crippen molar-refractivity contribution < 1.29 is 28.7 Å². The van der Waals surface area contributed by atoms with Crippen molar-refractivity contribution in [2.24, 2.45) is 11.8 Å². The Balaban J connectivity index is 1.41. The number of hydrogen-bond donors (Lipinski definition) is 1. The molecule has 1 heterocycles. The molecule has 2 aromatic rings. The zero-order valence-corrected chi connectivity index (χ0v) is 18.7.